The van der Waals surface area contributed by atoms with E-state index in [1.165, 1.54) is 11.8 Å². The first-order valence-electron chi connectivity index (χ1n) is 6.56. The van der Waals surface area contributed by atoms with Crippen LogP contribution in [-0.2, 0) is 12.2 Å². The van der Waals surface area contributed by atoms with E-state index in [4.69, 9.17) is 4.42 Å². The Bertz CT molecular complexity index is 738. The van der Waals surface area contributed by atoms with Crippen molar-refractivity contribution >= 4 is 11.8 Å². The van der Waals surface area contributed by atoms with E-state index in [-0.39, 0.29) is 0 Å². The number of thioether (sulfide) groups is 1. The molecule has 3 rings (SSSR count). The van der Waals surface area contributed by atoms with E-state index in [0.717, 1.165) is 17.7 Å². The molecular formula is C13H14N6OS. The van der Waals surface area contributed by atoms with Crippen molar-refractivity contribution in [1.82, 2.24) is 30.4 Å². The van der Waals surface area contributed by atoms with E-state index in [1.54, 1.807) is 4.68 Å². The fourth-order valence-corrected chi connectivity index (χ4v) is 2.56. The van der Waals surface area contributed by atoms with Crippen LogP contribution in [0.15, 0.2) is 33.8 Å². The average Bonchev–Trinajstić information content (AvgIpc) is 3.14. The number of nitrogens with zero attached hydrogens (tertiary/aromatic N) is 6. The zero-order chi connectivity index (χ0) is 14.7. The van der Waals surface area contributed by atoms with Gasteiger partial charge in [0.25, 0.3) is 0 Å². The molecule has 0 aliphatic rings. The minimum absolute atomic E-state index is 0.541. The number of hydrogen-bond donors (Lipinski definition) is 0. The first kappa shape index (κ1) is 13.7. The molecule has 7 nitrogen and oxygen atoms in total. The van der Waals surface area contributed by atoms with Crippen LogP contribution in [0.2, 0.25) is 0 Å². The van der Waals surface area contributed by atoms with Gasteiger partial charge in [0.05, 0.1) is 11.4 Å². The Hall–Kier alpha value is -2.22. The Morgan fingerprint density at radius 2 is 1.95 bits per heavy atom. The lowest BCUT2D eigenvalue weighted by Crippen LogP contribution is -2.01. The molecule has 0 aliphatic heterocycles. The monoisotopic (exact) mass is 302 g/mol. The smallest absolute Gasteiger partial charge is 0.226 e. The van der Waals surface area contributed by atoms with Crippen molar-refractivity contribution in [3.8, 4) is 5.69 Å². The third kappa shape index (κ3) is 2.94. The van der Waals surface area contributed by atoms with Gasteiger partial charge in [-0.25, -0.2) is 0 Å². The maximum atomic E-state index is 5.48. The van der Waals surface area contributed by atoms with Gasteiger partial charge in [0.1, 0.15) is 0 Å². The third-order valence-electron chi connectivity index (χ3n) is 2.92. The van der Waals surface area contributed by atoms with Crippen molar-refractivity contribution in [1.29, 1.82) is 0 Å². The van der Waals surface area contributed by atoms with Crippen LogP contribution in [0.3, 0.4) is 0 Å². The Morgan fingerprint density at radius 1 is 1.14 bits per heavy atom. The lowest BCUT2D eigenvalue weighted by Gasteiger charge is -2.06. The van der Waals surface area contributed by atoms with E-state index in [1.807, 2.05) is 38.1 Å². The molecule has 2 heterocycles. The molecule has 3 aromatic rings. The van der Waals surface area contributed by atoms with E-state index in [0.29, 0.717) is 22.7 Å². The molecule has 1 aromatic carbocycles. The maximum Gasteiger partial charge on any atom is 0.226 e. The van der Waals surface area contributed by atoms with Crippen LogP contribution < -0.4 is 0 Å². The molecule has 0 aliphatic carbocycles. The van der Waals surface area contributed by atoms with Gasteiger partial charge in [-0.3, -0.25) is 0 Å². The molecule has 0 amide bonds. The Kier molecular flexibility index (Phi) is 3.96. The second kappa shape index (κ2) is 6.04. The summed E-state index contributed by atoms with van der Waals surface area (Å²) in [5.74, 6) is 1.76. The molecule has 8 heteroatoms. The number of rotatable bonds is 5. The van der Waals surface area contributed by atoms with Crippen LogP contribution in [0.4, 0.5) is 0 Å². The Morgan fingerprint density at radius 3 is 2.71 bits per heavy atom. The number of benzene rings is 1. The highest BCUT2D eigenvalue weighted by molar-refractivity contribution is 7.98. The Balaban J connectivity index is 1.78. The zero-order valence-corrected chi connectivity index (χ0v) is 12.5. The van der Waals surface area contributed by atoms with E-state index < -0.39 is 0 Å². The molecule has 0 atom stereocenters. The zero-order valence-electron chi connectivity index (χ0n) is 11.7. The van der Waals surface area contributed by atoms with E-state index in [9.17, 15) is 0 Å². The summed E-state index contributed by atoms with van der Waals surface area (Å²) in [6.07, 6.45) is 0.735. The molecule has 0 saturated heterocycles. The number of para-hydroxylation sites is 1. The largest absolute Gasteiger partial charge is 0.424 e. The van der Waals surface area contributed by atoms with Crippen molar-refractivity contribution < 1.29 is 4.42 Å². The van der Waals surface area contributed by atoms with Crippen LogP contribution >= 0.6 is 11.8 Å². The van der Waals surface area contributed by atoms with Gasteiger partial charge in [-0.1, -0.05) is 36.9 Å². The molecule has 0 unspecified atom stereocenters. The van der Waals surface area contributed by atoms with Crippen molar-refractivity contribution in [3.05, 3.63) is 41.6 Å². The molecular weight excluding hydrogens is 288 g/mol. The highest BCUT2D eigenvalue weighted by atomic mass is 32.2. The van der Waals surface area contributed by atoms with Gasteiger partial charge >= 0.3 is 0 Å². The molecule has 21 heavy (non-hydrogen) atoms. The van der Waals surface area contributed by atoms with Crippen LogP contribution in [-0.4, -0.2) is 30.4 Å². The number of aryl methyl sites for hydroxylation is 2. The topological polar surface area (TPSA) is 82.5 Å². The molecule has 0 spiro atoms. The Labute approximate surface area is 125 Å². The van der Waals surface area contributed by atoms with Crippen molar-refractivity contribution in [3.63, 3.8) is 0 Å². The summed E-state index contributed by atoms with van der Waals surface area (Å²) in [7, 11) is 0. The minimum atomic E-state index is 0.541. The SMILES string of the molecule is CCc1nnc(CSc2nnnn2-c2ccccc2C)o1. The lowest BCUT2D eigenvalue weighted by molar-refractivity contribution is 0.469. The normalized spacial score (nSPS) is 11.0. The lowest BCUT2D eigenvalue weighted by atomic mass is 10.2. The second-order valence-corrected chi connectivity index (χ2v) is 5.33. The maximum absolute atomic E-state index is 5.48. The molecule has 108 valence electrons. The van der Waals surface area contributed by atoms with E-state index in [2.05, 4.69) is 25.7 Å². The van der Waals surface area contributed by atoms with Gasteiger partial charge in [0.2, 0.25) is 16.9 Å². The number of hydrogen-bond acceptors (Lipinski definition) is 7. The fourth-order valence-electron chi connectivity index (χ4n) is 1.84. The minimum Gasteiger partial charge on any atom is -0.424 e. The van der Waals surface area contributed by atoms with Crippen molar-refractivity contribution in [2.24, 2.45) is 0 Å². The molecule has 0 N–H and O–H groups in total. The van der Waals surface area contributed by atoms with Crippen molar-refractivity contribution in [2.75, 3.05) is 0 Å². The van der Waals surface area contributed by atoms with E-state index >= 15 is 0 Å². The summed E-state index contributed by atoms with van der Waals surface area (Å²) in [5, 5.41) is 20.5. The van der Waals surface area contributed by atoms with Crippen LogP contribution in [0, 0.1) is 6.92 Å². The summed E-state index contributed by atoms with van der Waals surface area (Å²) in [6.45, 7) is 4.00. The quantitative estimate of drug-likeness (QED) is 0.668. The van der Waals surface area contributed by atoms with Gasteiger partial charge < -0.3 is 4.42 Å². The third-order valence-corrected chi connectivity index (χ3v) is 3.82. The number of tetrazole rings is 1. The first-order chi connectivity index (χ1) is 10.3. The van der Waals surface area contributed by atoms with Crippen molar-refractivity contribution in [2.45, 2.75) is 31.2 Å². The fraction of sp³-hybridized carbons (Fsp3) is 0.308. The molecule has 0 radical (unpaired) electrons. The van der Waals surface area contributed by atoms with Gasteiger partial charge in [-0.2, -0.15) is 4.68 Å². The van der Waals surface area contributed by atoms with Gasteiger partial charge in [-0.15, -0.1) is 15.3 Å². The first-order valence-corrected chi connectivity index (χ1v) is 7.55. The van der Waals surface area contributed by atoms with Gasteiger partial charge in [0, 0.05) is 6.42 Å². The summed E-state index contributed by atoms with van der Waals surface area (Å²) in [6, 6.07) is 7.96. The van der Waals surface area contributed by atoms with Gasteiger partial charge in [0.15, 0.2) is 0 Å². The summed E-state index contributed by atoms with van der Waals surface area (Å²) >= 11 is 1.46. The molecule has 0 fully saturated rings. The van der Waals surface area contributed by atoms with Crippen LogP contribution in [0.1, 0.15) is 24.3 Å². The highest BCUT2D eigenvalue weighted by Gasteiger charge is 2.13. The second-order valence-electron chi connectivity index (χ2n) is 4.39. The average molecular weight is 302 g/mol. The summed E-state index contributed by atoms with van der Waals surface area (Å²) in [5.41, 5.74) is 2.07. The summed E-state index contributed by atoms with van der Waals surface area (Å²) in [4.78, 5) is 0. The predicted octanol–water partition coefficient (Wildman–Crippen LogP) is 2.21. The van der Waals surface area contributed by atoms with Gasteiger partial charge in [-0.05, 0) is 29.0 Å². The predicted molar refractivity (Wildman–Crippen MR) is 77.1 cm³/mol. The number of aromatic nitrogens is 6. The highest BCUT2D eigenvalue weighted by Crippen LogP contribution is 2.23. The molecule has 0 bridgehead atoms. The molecule has 2 aromatic heterocycles. The molecule has 0 saturated carbocycles. The standard InChI is InChI=1S/C13H14N6OS/c1-3-11-14-15-12(20-11)8-21-13-16-17-18-19(13)10-7-5-4-6-9(10)2/h4-7H,3,8H2,1-2H3. The van der Waals surface area contributed by atoms with Crippen LogP contribution in [0.5, 0.6) is 0 Å². The summed E-state index contributed by atoms with van der Waals surface area (Å²) < 4.78 is 7.20. The van der Waals surface area contributed by atoms with Crippen LogP contribution in [0.25, 0.3) is 5.69 Å².